The number of nitro groups is 1. The van der Waals surface area contributed by atoms with Crippen molar-refractivity contribution in [2.24, 2.45) is 0 Å². The number of fused-ring (bicyclic) bond motifs is 1. The Morgan fingerprint density at radius 3 is 2.80 bits per heavy atom. The Labute approximate surface area is 141 Å². The van der Waals surface area contributed by atoms with Crippen LogP contribution >= 0.6 is 0 Å². The normalized spacial score (nSPS) is 10.8. The van der Waals surface area contributed by atoms with Crippen molar-refractivity contribution in [1.82, 2.24) is 4.57 Å². The number of anilines is 1. The molecule has 0 aliphatic rings. The summed E-state index contributed by atoms with van der Waals surface area (Å²) in [5, 5.41) is 13.6. The molecular weight excluding hydrogens is 326 g/mol. The van der Waals surface area contributed by atoms with Crippen LogP contribution in [0.25, 0.3) is 11.1 Å². The topological polar surface area (TPSA) is 107 Å². The van der Waals surface area contributed by atoms with E-state index in [9.17, 15) is 19.7 Å². The van der Waals surface area contributed by atoms with Crippen LogP contribution in [0.1, 0.15) is 12.0 Å². The first-order valence-corrected chi connectivity index (χ1v) is 7.59. The molecule has 8 nitrogen and oxygen atoms in total. The average molecular weight is 341 g/mol. The molecule has 0 fully saturated rings. The van der Waals surface area contributed by atoms with Gasteiger partial charge in [0.05, 0.1) is 10.4 Å². The van der Waals surface area contributed by atoms with Crippen molar-refractivity contribution in [1.29, 1.82) is 0 Å². The number of carbonyl (C=O) groups excluding carboxylic acids is 1. The van der Waals surface area contributed by atoms with Crippen LogP contribution in [0.2, 0.25) is 0 Å². The number of carbonyl (C=O) groups is 1. The summed E-state index contributed by atoms with van der Waals surface area (Å²) >= 11 is 0. The zero-order chi connectivity index (χ0) is 18.0. The minimum atomic E-state index is -0.528. The monoisotopic (exact) mass is 341 g/mol. The molecule has 8 heteroatoms. The van der Waals surface area contributed by atoms with Gasteiger partial charge in [-0.3, -0.25) is 19.5 Å². The van der Waals surface area contributed by atoms with Gasteiger partial charge in [-0.2, -0.15) is 0 Å². The molecule has 3 rings (SSSR count). The van der Waals surface area contributed by atoms with Gasteiger partial charge in [0.1, 0.15) is 0 Å². The molecule has 25 heavy (non-hydrogen) atoms. The Kier molecular flexibility index (Phi) is 4.34. The fraction of sp³-hybridized carbons (Fsp3) is 0.176. The van der Waals surface area contributed by atoms with Gasteiger partial charge in [-0.15, -0.1) is 0 Å². The standard InChI is InChI=1S/C17H15N3O5/c1-11-6-7-12(10-14(11)20(23)24)18-16(21)8-9-19-13-4-2-3-5-15(13)25-17(19)22/h2-7,10H,8-9H2,1H3,(H,18,21). The van der Waals surface area contributed by atoms with Gasteiger partial charge in [-0.05, 0) is 25.1 Å². The molecule has 0 saturated heterocycles. The lowest BCUT2D eigenvalue weighted by molar-refractivity contribution is -0.385. The summed E-state index contributed by atoms with van der Waals surface area (Å²) < 4.78 is 6.49. The molecular formula is C17H15N3O5. The molecule has 1 amide bonds. The predicted molar refractivity (Wildman–Crippen MR) is 91.6 cm³/mol. The van der Waals surface area contributed by atoms with Crippen molar-refractivity contribution in [2.75, 3.05) is 5.32 Å². The van der Waals surface area contributed by atoms with Crippen LogP contribution in [0.5, 0.6) is 0 Å². The van der Waals surface area contributed by atoms with Gasteiger partial charge in [0, 0.05) is 30.3 Å². The third-order valence-electron chi connectivity index (χ3n) is 3.83. The van der Waals surface area contributed by atoms with E-state index < -0.39 is 10.7 Å². The molecule has 0 spiro atoms. The van der Waals surface area contributed by atoms with E-state index >= 15 is 0 Å². The summed E-state index contributed by atoms with van der Waals surface area (Å²) in [6.07, 6.45) is 0.0328. The summed E-state index contributed by atoms with van der Waals surface area (Å²) in [4.78, 5) is 34.4. The number of oxazole rings is 1. The number of para-hydroxylation sites is 2. The Morgan fingerprint density at radius 1 is 1.28 bits per heavy atom. The number of aryl methyl sites for hydroxylation is 2. The van der Waals surface area contributed by atoms with Gasteiger partial charge in [-0.1, -0.05) is 18.2 Å². The number of benzene rings is 2. The average Bonchev–Trinajstić information content (AvgIpc) is 2.89. The number of nitrogens with one attached hydrogen (secondary N) is 1. The van der Waals surface area contributed by atoms with Gasteiger partial charge < -0.3 is 9.73 Å². The van der Waals surface area contributed by atoms with Crippen LogP contribution in [-0.4, -0.2) is 15.4 Å². The molecule has 0 saturated carbocycles. The molecule has 0 atom stereocenters. The maximum absolute atomic E-state index is 12.1. The zero-order valence-corrected chi connectivity index (χ0v) is 13.4. The van der Waals surface area contributed by atoms with Crippen molar-refractivity contribution in [3.63, 3.8) is 0 Å². The van der Waals surface area contributed by atoms with E-state index in [-0.39, 0.29) is 24.6 Å². The Bertz CT molecular complexity index is 1020. The number of rotatable bonds is 5. The number of hydrogen-bond acceptors (Lipinski definition) is 5. The van der Waals surface area contributed by atoms with E-state index in [1.807, 2.05) is 0 Å². The third-order valence-corrected chi connectivity index (χ3v) is 3.83. The maximum atomic E-state index is 12.1. The molecule has 0 unspecified atom stereocenters. The smallest absolute Gasteiger partial charge is 0.408 e. The number of aromatic nitrogens is 1. The van der Waals surface area contributed by atoms with Gasteiger partial charge in [-0.25, -0.2) is 4.79 Å². The minimum absolute atomic E-state index is 0.0328. The molecule has 128 valence electrons. The molecule has 1 heterocycles. The Hall–Kier alpha value is -3.42. The second kappa shape index (κ2) is 6.60. The van der Waals surface area contributed by atoms with Gasteiger partial charge in [0.25, 0.3) is 5.69 Å². The summed E-state index contributed by atoms with van der Waals surface area (Å²) in [5.41, 5.74) is 1.87. The van der Waals surface area contributed by atoms with Crippen molar-refractivity contribution < 1.29 is 14.1 Å². The highest BCUT2D eigenvalue weighted by molar-refractivity contribution is 5.91. The quantitative estimate of drug-likeness (QED) is 0.567. The number of amides is 1. The van der Waals surface area contributed by atoms with Crippen molar-refractivity contribution in [3.8, 4) is 0 Å². The van der Waals surface area contributed by atoms with Gasteiger partial charge in [0.15, 0.2) is 5.58 Å². The molecule has 1 aromatic heterocycles. The Balaban J connectivity index is 1.71. The summed E-state index contributed by atoms with van der Waals surface area (Å²) in [5.74, 6) is -0.879. The molecule has 0 bridgehead atoms. The summed E-state index contributed by atoms with van der Waals surface area (Å²) in [6, 6.07) is 11.4. The highest BCUT2D eigenvalue weighted by Gasteiger charge is 2.14. The third kappa shape index (κ3) is 3.42. The van der Waals surface area contributed by atoms with Crippen LogP contribution in [0, 0.1) is 17.0 Å². The first-order valence-electron chi connectivity index (χ1n) is 7.59. The van der Waals surface area contributed by atoms with Crippen LogP contribution in [0.4, 0.5) is 11.4 Å². The highest BCUT2D eigenvalue weighted by Crippen LogP contribution is 2.22. The molecule has 0 aliphatic heterocycles. The van der Waals surface area contributed by atoms with E-state index in [1.54, 1.807) is 43.3 Å². The molecule has 0 radical (unpaired) electrons. The van der Waals surface area contributed by atoms with Crippen molar-refractivity contribution >= 4 is 28.4 Å². The molecule has 3 aromatic rings. The molecule has 0 aliphatic carbocycles. The first kappa shape index (κ1) is 16.4. The summed E-state index contributed by atoms with van der Waals surface area (Å²) in [7, 11) is 0. The highest BCUT2D eigenvalue weighted by atomic mass is 16.6. The van der Waals surface area contributed by atoms with E-state index in [4.69, 9.17) is 4.42 Å². The van der Waals surface area contributed by atoms with Crippen LogP contribution in [0.3, 0.4) is 0 Å². The number of nitro benzene ring substituents is 1. The van der Waals surface area contributed by atoms with Gasteiger partial charge >= 0.3 is 5.76 Å². The lowest BCUT2D eigenvalue weighted by Crippen LogP contribution is -2.19. The number of nitrogens with zero attached hydrogens (tertiary/aromatic N) is 2. The largest absolute Gasteiger partial charge is 0.419 e. The number of hydrogen-bond donors (Lipinski definition) is 1. The zero-order valence-electron chi connectivity index (χ0n) is 13.4. The van der Waals surface area contributed by atoms with Crippen LogP contribution < -0.4 is 11.1 Å². The maximum Gasteiger partial charge on any atom is 0.419 e. The van der Waals surface area contributed by atoms with E-state index in [0.717, 1.165) is 0 Å². The second-order valence-corrected chi connectivity index (χ2v) is 5.54. The lowest BCUT2D eigenvalue weighted by Gasteiger charge is -2.06. The molecule has 1 N–H and O–H groups in total. The second-order valence-electron chi connectivity index (χ2n) is 5.54. The van der Waals surface area contributed by atoms with Crippen molar-refractivity contribution in [3.05, 3.63) is 68.7 Å². The fourth-order valence-corrected chi connectivity index (χ4v) is 2.55. The molecule has 2 aromatic carbocycles. The van der Waals surface area contributed by atoms with Crippen LogP contribution in [0.15, 0.2) is 51.7 Å². The van der Waals surface area contributed by atoms with Crippen LogP contribution in [-0.2, 0) is 11.3 Å². The van der Waals surface area contributed by atoms with E-state index in [1.165, 1.54) is 10.6 Å². The Morgan fingerprint density at radius 2 is 2.04 bits per heavy atom. The lowest BCUT2D eigenvalue weighted by atomic mass is 10.2. The first-order chi connectivity index (χ1) is 12.0. The van der Waals surface area contributed by atoms with Gasteiger partial charge in [0.2, 0.25) is 5.91 Å². The van der Waals surface area contributed by atoms with E-state index in [0.29, 0.717) is 22.4 Å². The van der Waals surface area contributed by atoms with Crippen molar-refractivity contribution in [2.45, 2.75) is 19.9 Å². The predicted octanol–water partition coefficient (Wildman–Crippen LogP) is 2.84. The SMILES string of the molecule is Cc1ccc(NC(=O)CCn2c(=O)oc3ccccc32)cc1[N+](=O)[O-]. The van der Waals surface area contributed by atoms with E-state index in [2.05, 4.69) is 5.32 Å². The summed E-state index contributed by atoms with van der Waals surface area (Å²) in [6.45, 7) is 1.77. The fourth-order valence-electron chi connectivity index (χ4n) is 2.55. The minimum Gasteiger partial charge on any atom is -0.408 e.